The lowest BCUT2D eigenvalue weighted by Gasteiger charge is -2.27. The standard InChI is InChI=1S/C16H19N3O/c1-2-4-13-12(3-1)10-14(13)16-18-15(20-19-16)9-11-5-7-17-8-6-11/h1-4,11,14,17H,5-10H2. The van der Waals surface area contributed by atoms with Crippen molar-refractivity contribution in [2.75, 3.05) is 13.1 Å². The molecule has 1 N–H and O–H groups in total. The Kier molecular flexibility index (Phi) is 3.03. The largest absolute Gasteiger partial charge is 0.339 e. The average molecular weight is 269 g/mol. The predicted octanol–water partition coefficient (Wildman–Crippen LogP) is 2.30. The average Bonchev–Trinajstić information content (AvgIpc) is 2.89. The fourth-order valence-corrected chi connectivity index (χ4v) is 3.31. The van der Waals surface area contributed by atoms with Crippen molar-refractivity contribution >= 4 is 0 Å². The van der Waals surface area contributed by atoms with Crippen LogP contribution in [0.3, 0.4) is 0 Å². The van der Waals surface area contributed by atoms with Crippen molar-refractivity contribution in [3.8, 4) is 0 Å². The first kappa shape index (κ1) is 12.1. The predicted molar refractivity (Wildman–Crippen MR) is 75.6 cm³/mol. The number of nitrogens with one attached hydrogen (secondary N) is 1. The van der Waals surface area contributed by atoms with Crippen LogP contribution in [0.25, 0.3) is 0 Å². The minimum Gasteiger partial charge on any atom is -0.339 e. The first-order valence-electron chi connectivity index (χ1n) is 7.51. The minimum absolute atomic E-state index is 0.344. The van der Waals surface area contributed by atoms with Gasteiger partial charge in [-0.15, -0.1) is 0 Å². The molecule has 2 aromatic rings. The molecule has 0 spiro atoms. The molecule has 4 nitrogen and oxygen atoms in total. The van der Waals surface area contributed by atoms with Crippen LogP contribution in [0.2, 0.25) is 0 Å². The normalized spacial score (nSPS) is 22.3. The summed E-state index contributed by atoms with van der Waals surface area (Å²) in [5.41, 5.74) is 2.78. The van der Waals surface area contributed by atoms with E-state index >= 15 is 0 Å². The summed E-state index contributed by atoms with van der Waals surface area (Å²) in [7, 11) is 0. The Morgan fingerprint density at radius 1 is 1.20 bits per heavy atom. The second-order valence-electron chi connectivity index (χ2n) is 5.90. The van der Waals surface area contributed by atoms with Crippen LogP contribution in [-0.2, 0) is 12.8 Å². The number of hydrogen-bond acceptors (Lipinski definition) is 4. The van der Waals surface area contributed by atoms with Gasteiger partial charge in [0.2, 0.25) is 5.89 Å². The molecular weight excluding hydrogens is 250 g/mol. The van der Waals surface area contributed by atoms with E-state index in [2.05, 4.69) is 39.7 Å². The molecule has 1 fully saturated rings. The van der Waals surface area contributed by atoms with Crippen molar-refractivity contribution in [1.29, 1.82) is 0 Å². The van der Waals surface area contributed by atoms with E-state index < -0.39 is 0 Å². The van der Waals surface area contributed by atoms with Gasteiger partial charge in [-0.2, -0.15) is 4.98 Å². The molecule has 1 aliphatic heterocycles. The third kappa shape index (κ3) is 2.14. The zero-order valence-corrected chi connectivity index (χ0v) is 11.5. The maximum atomic E-state index is 5.46. The van der Waals surface area contributed by atoms with Crippen molar-refractivity contribution in [3.05, 3.63) is 47.1 Å². The lowest BCUT2D eigenvalue weighted by atomic mass is 9.77. The van der Waals surface area contributed by atoms with Gasteiger partial charge in [0.15, 0.2) is 5.82 Å². The maximum absolute atomic E-state index is 5.46. The second kappa shape index (κ2) is 5.02. The van der Waals surface area contributed by atoms with E-state index in [1.54, 1.807) is 0 Å². The summed E-state index contributed by atoms with van der Waals surface area (Å²) in [4.78, 5) is 4.63. The van der Waals surface area contributed by atoms with E-state index in [4.69, 9.17) is 4.52 Å². The molecule has 1 aromatic heterocycles. The van der Waals surface area contributed by atoms with Crippen molar-refractivity contribution in [2.45, 2.75) is 31.6 Å². The van der Waals surface area contributed by atoms with Crippen LogP contribution in [0.5, 0.6) is 0 Å². The Morgan fingerprint density at radius 3 is 2.90 bits per heavy atom. The number of piperidine rings is 1. The van der Waals surface area contributed by atoms with Crippen LogP contribution in [0, 0.1) is 5.92 Å². The molecule has 4 rings (SSSR count). The van der Waals surface area contributed by atoms with Gasteiger partial charge in [0, 0.05) is 6.42 Å². The fourth-order valence-electron chi connectivity index (χ4n) is 3.31. The number of hydrogen-bond donors (Lipinski definition) is 1. The van der Waals surface area contributed by atoms with Gasteiger partial charge >= 0.3 is 0 Å². The van der Waals surface area contributed by atoms with Gasteiger partial charge in [0.05, 0.1) is 5.92 Å². The summed E-state index contributed by atoms with van der Waals surface area (Å²) in [5.74, 6) is 2.72. The highest BCUT2D eigenvalue weighted by molar-refractivity contribution is 5.43. The maximum Gasteiger partial charge on any atom is 0.226 e. The van der Waals surface area contributed by atoms with Gasteiger partial charge in [-0.05, 0) is 49.4 Å². The quantitative estimate of drug-likeness (QED) is 0.929. The molecule has 4 heteroatoms. The van der Waals surface area contributed by atoms with Gasteiger partial charge in [0.25, 0.3) is 0 Å². The third-order valence-corrected chi connectivity index (χ3v) is 4.57. The van der Waals surface area contributed by atoms with Gasteiger partial charge in [-0.25, -0.2) is 0 Å². The lowest BCUT2D eigenvalue weighted by molar-refractivity contribution is 0.311. The summed E-state index contributed by atoms with van der Waals surface area (Å²) in [6, 6.07) is 8.53. The summed E-state index contributed by atoms with van der Waals surface area (Å²) < 4.78 is 5.46. The van der Waals surface area contributed by atoms with Crippen molar-refractivity contribution in [1.82, 2.24) is 15.5 Å². The zero-order valence-electron chi connectivity index (χ0n) is 11.5. The van der Waals surface area contributed by atoms with Crippen LogP contribution in [0.15, 0.2) is 28.8 Å². The van der Waals surface area contributed by atoms with Gasteiger partial charge < -0.3 is 9.84 Å². The molecule has 0 radical (unpaired) electrons. The highest BCUT2D eigenvalue weighted by atomic mass is 16.5. The molecule has 2 heterocycles. The molecule has 2 aliphatic rings. The Morgan fingerprint density at radius 2 is 2.05 bits per heavy atom. The topological polar surface area (TPSA) is 51.0 Å². The summed E-state index contributed by atoms with van der Waals surface area (Å²) >= 11 is 0. The smallest absolute Gasteiger partial charge is 0.226 e. The molecule has 104 valence electrons. The molecule has 1 saturated heterocycles. The monoisotopic (exact) mass is 269 g/mol. The Balaban J connectivity index is 1.46. The molecule has 0 amide bonds. The van der Waals surface area contributed by atoms with E-state index in [1.165, 1.54) is 24.0 Å². The fraction of sp³-hybridized carbons (Fsp3) is 0.500. The Labute approximate surface area is 118 Å². The zero-order chi connectivity index (χ0) is 13.4. The number of fused-ring (bicyclic) bond motifs is 1. The molecule has 0 saturated carbocycles. The van der Waals surface area contributed by atoms with Crippen molar-refractivity contribution < 1.29 is 4.52 Å². The third-order valence-electron chi connectivity index (χ3n) is 4.57. The number of nitrogens with zero attached hydrogens (tertiary/aromatic N) is 2. The van der Waals surface area contributed by atoms with E-state index in [9.17, 15) is 0 Å². The number of benzene rings is 1. The van der Waals surface area contributed by atoms with E-state index in [0.717, 1.165) is 37.6 Å². The van der Waals surface area contributed by atoms with Crippen LogP contribution in [0.4, 0.5) is 0 Å². The summed E-state index contributed by atoms with van der Waals surface area (Å²) in [5, 5.41) is 7.59. The van der Waals surface area contributed by atoms with Crippen LogP contribution in [-0.4, -0.2) is 23.2 Å². The SMILES string of the molecule is c1ccc2c(c1)CC2c1noc(CC2CCNCC2)n1. The molecular formula is C16H19N3O. The van der Waals surface area contributed by atoms with Crippen LogP contribution < -0.4 is 5.32 Å². The second-order valence-corrected chi connectivity index (χ2v) is 5.90. The number of aromatic nitrogens is 2. The van der Waals surface area contributed by atoms with Crippen LogP contribution >= 0.6 is 0 Å². The lowest BCUT2D eigenvalue weighted by Crippen LogP contribution is -2.28. The summed E-state index contributed by atoms with van der Waals surface area (Å²) in [6.45, 7) is 2.23. The van der Waals surface area contributed by atoms with Gasteiger partial charge in [-0.1, -0.05) is 29.4 Å². The molecule has 0 bridgehead atoms. The van der Waals surface area contributed by atoms with Gasteiger partial charge in [0.1, 0.15) is 0 Å². The highest BCUT2D eigenvalue weighted by Crippen LogP contribution is 2.38. The molecule has 1 unspecified atom stereocenters. The van der Waals surface area contributed by atoms with Crippen molar-refractivity contribution in [2.24, 2.45) is 5.92 Å². The Bertz CT molecular complexity index is 601. The van der Waals surface area contributed by atoms with Gasteiger partial charge in [-0.3, -0.25) is 0 Å². The first-order valence-corrected chi connectivity index (χ1v) is 7.51. The Hall–Kier alpha value is -1.68. The van der Waals surface area contributed by atoms with E-state index in [1.807, 2.05) is 0 Å². The highest BCUT2D eigenvalue weighted by Gasteiger charge is 2.31. The molecule has 1 aromatic carbocycles. The summed E-state index contributed by atoms with van der Waals surface area (Å²) in [6.07, 6.45) is 4.40. The van der Waals surface area contributed by atoms with Crippen LogP contribution in [0.1, 0.15) is 41.6 Å². The number of rotatable bonds is 3. The van der Waals surface area contributed by atoms with E-state index in [-0.39, 0.29) is 0 Å². The van der Waals surface area contributed by atoms with Crippen molar-refractivity contribution in [3.63, 3.8) is 0 Å². The molecule has 20 heavy (non-hydrogen) atoms. The molecule has 1 aliphatic carbocycles. The first-order chi connectivity index (χ1) is 9.90. The minimum atomic E-state index is 0.344. The molecule has 1 atom stereocenters. The van der Waals surface area contributed by atoms with E-state index in [0.29, 0.717) is 11.8 Å².